The maximum absolute atomic E-state index is 12.5. The summed E-state index contributed by atoms with van der Waals surface area (Å²) in [6, 6.07) is 22.1. The fourth-order valence-electron chi connectivity index (χ4n) is 4.54. The molecule has 2 aromatic carbocycles. The first kappa shape index (κ1) is 23.3. The molecule has 6 nitrogen and oxygen atoms in total. The molecule has 0 fully saturated rings. The normalized spacial score (nSPS) is 11.9. The van der Waals surface area contributed by atoms with Crippen LogP contribution in [0.1, 0.15) is 31.1 Å². The van der Waals surface area contributed by atoms with Gasteiger partial charge in [-0.3, -0.25) is 9.78 Å². The average molecular weight is 522 g/mol. The summed E-state index contributed by atoms with van der Waals surface area (Å²) in [5.74, 6) is -0.191. The van der Waals surface area contributed by atoms with Gasteiger partial charge in [0.25, 0.3) is 0 Å². The Morgan fingerprint density at radius 1 is 1.05 bits per heavy atom. The number of carbonyl (C=O) groups is 1. The number of nitriles is 1. The number of aromatic nitrogens is 4. The highest BCUT2D eigenvalue weighted by Crippen LogP contribution is 2.38. The molecule has 8 heteroatoms. The van der Waals surface area contributed by atoms with Crippen molar-refractivity contribution in [2.45, 2.75) is 26.2 Å². The Morgan fingerprint density at radius 3 is 2.54 bits per heavy atom. The largest absolute Gasteiger partial charge is 0.273 e. The van der Waals surface area contributed by atoms with Crippen molar-refractivity contribution in [3.05, 3.63) is 77.6 Å². The molecule has 4 heterocycles. The quantitative estimate of drug-likeness (QED) is 0.223. The van der Waals surface area contributed by atoms with Crippen LogP contribution in [0.25, 0.3) is 53.7 Å². The number of pyridine rings is 2. The minimum Gasteiger partial charge on any atom is -0.273 e. The lowest BCUT2D eigenvalue weighted by molar-refractivity contribution is 0.0927. The Hall–Kier alpha value is -4.12. The van der Waals surface area contributed by atoms with Gasteiger partial charge in [-0.05, 0) is 55.3 Å². The van der Waals surface area contributed by atoms with Crippen LogP contribution >= 0.6 is 22.9 Å². The molecule has 0 amide bonds. The number of halogens is 1. The van der Waals surface area contributed by atoms with Crippen LogP contribution < -0.4 is 0 Å². The molecule has 0 atom stereocenters. The van der Waals surface area contributed by atoms with Crippen molar-refractivity contribution in [2.75, 3.05) is 0 Å². The van der Waals surface area contributed by atoms with Gasteiger partial charge >= 0.3 is 0 Å². The monoisotopic (exact) mass is 521 g/mol. The first-order valence-electron chi connectivity index (χ1n) is 11.7. The second-order valence-electron chi connectivity index (χ2n) is 9.48. The topological polar surface area (TPSA) is 84.5 Å². The van der Waals surface area contributed by atoms with Crippen molar-refractivity contribution in [2.24, 2.45) is 0 Å². The standard InChI is InChI=1S/C29H20ClN5OS/c1-16(36)35-23-14-32-22-10-6-18(24-13-19-7-11-25(30)33-28(19)37-24)12-21(22)26(23)27(34-35)17-4-8-20(9-5-17)29(2,3)15-31/h4-14H,1-3H3. The summed E-state index contributed by atoms with van der Waals surface area (Å²) in [6.45, 7) is 5.27. The van der Waals surface area contributed by atoms with Gasteiger partial charge in [-0.2, -0.15) is 15.0 Å². The lowest BCUT2D eigenvalue weighted by Crippen LogP contribution is -2.13. The van der Waals surface area contributed by atoms with Crippen molar-refractivity contribution in [1.29, 1.82) is 5.26 Å². The minimum atomic E-state index is -0.603. The molecule has 0 aliphatic heterocycles. The Kier molecular flexibility index (Phi) is 5.34. The number of hydrogen-bond donors (Lipinski definition) is 0. The van der Waals surface area contributed by atoms with Gasteiger partial charge in [0.05, 0.1) is 28.7 Å². The van der Waals surface area contributed by atoms with E-state index in [0.717, 1.165) is 48.1 Å². The van der Waals surface area contributed by atoms with Crippen molar-refractivity contribution < 1.29 is 4.79 Å². The first-order chi connectivity index (χ1) is 17.7. The third-order valence-electron chi connectivity index (χ3n) is 6.60. The number of thiophene rings is 1. The molecule has 4 aromatic heterocycles. The molecule has 180 valence electrons. The summed E-state index contributed by atoms with van der Waals surface area (Å²) in [5, 5.41) is 17.5. The molecule has 0 unspecified atom stereocenters. The maximum Gasteiger partial charge on any atom is 0.244 e. The molecule has 0 spiro atoms. The number of fused-ring (bicyclic) bond motifs is 4. The molecule has 0 aliphatic rings. The number of benzene rings is 2. The van der Waals surface area contributed by atoms with E-state index in [1.807, 2.05) is 56.3 Å². The molecule has 0 radical (unpaired) electrons. The fraction of sp³-hybridized carbons (Fsp3) is 0.138. The number of rotatable bonds is 3. The summed E-state index contributed by atoms with van der Waals surface area (Å²) in [6.07, 6.45) is 1.70. The molecule has 6 aromatic rings. The van der Waals surface area contributed by atoms with Gasteiger partial charge in [-0.1, -0.05) is 41.9 Å². The van der Waals surface area contributed by atoms with E-state index in [2.05, 4.69) is 28.2 Å². The van der Waals surface area contributed by atoms with Crippen LogP contribution in [0.2, 0.25) is 5.15 Å². The van der Waals surface area contributed by atoms with Gasteiger partial charge in [0, 0.05) is 33.5 Å². The smallest absolute Gasteiger partial charge is 0.244 e. The van der Waals surface area contributed by atoms with Crippen LogP contribution in [0.4, 0.5) is 0 Å². The second kappa shape index (κ2) is 8.48. The minimum absolute atomic E-state index is 0.191. The van der Waals surface area contributed by atoms with Crippen LogP contribution in [0.5, 0.6) is 0 Å². The molecule has 0 saturated carbocycles. The highest BCUT2D eigenvalue weighted by atomic mass is 35.5. The Bertz CT molecular complexity index is 1910. The predicted molar refractivity (Wildman–Crippen MR) is 149 cm³/mol. The fourth-order valence-corrected chi connectivity index (χ4v) is 5.76. The second-order valence-corrected chi connectivity index (χ2v) is 10.9. The van der Waals surface area contributed by atoms with E-state index in [-0.39, 0.29) is 5.91 Å². The predicted octanol–water partition coefficient (Wildman–Crippen LogP) is 7.64. The maximum atomic E-state index is 12.5. The molecule has 0 saturated heterocycles. The van der Waals surface area contributed by atoms with Crippen molar-refractivity contribution in [1.82, 2.24) is 19.7 Å². The Balaban J connectivity index is 1.59. The summed E-state index contributed by atoms with van der Waals surface area (Å²) < 4.78 is 1.41. The van der Waals surface area contributed by atoms with Gasteiger partial charge < -0.3 is 0 Å². The molecule has 0 aliphatic carbocycles. The van der Waals surface area contributed by atoms with Gasteiger partial charge in [-0.15, -0.1) is 11.3 Å². The van der Waals surface area contributed by atoms with Crippen molar-refractivity contribution in [3.8, 4) is 27.8 Å². The van der Waals surface area contributed by atoms with Crippen LogP contribution in [-0.4, -0.2) is 25.7 Å². The Morgan fingerprint density at radius 2 is 1.81 bits per heavy atom. The van der Waals surface area contributed by atoms with Crippen LogP contribution in [-0.2, 0) is 5.41 Å². The lowest BCUT2D eigenvalue weighted by atomic mass is 9.86. The number of nitrogens with zero attached hydrogens (tertiary/aromatic N) is 5. The van der Waals surface area contributed by atoms with Crippen molar-refractivity contribution in [3.63, 3.8) is 0 Å². The molecule has 6 rings (SSSR count). The SMILES string of the molecule is CC(=O)n1nc(-c2ccc(C(C)(C)C#N)cc2)c2c3cc(-c4cc5ccc(Cl)nc5s4)ccc3ncc21. The zero-order valence-electron chi connectivity index (χ0n) is 20.3. The number of carbonyl (C=O) groups excluding carboxylic acids is 1. The zero-order chi connectivity index (χ0) is 25.9. The molecule has 0 bridgehead atoms. The van der Waals surface area contributed by atoms with Crippen molar-refractivity contribution >= 4 is 60.9 Å². The summed E-state index contributed by atoms with van der Waals surface area (Å²) in [4.78, 5) is 23.5. The van der Waals surface area contributed by atoms with Gasteiger partial charge in [0.2, 0.25) is 5.91 Å². The molecular formula is C29H20ClN5OS. The van der Waals surface area contributed by atoms with E-state index in [1.54, 1.807) is 23.6 Å². The van der Waals surface area contributed by atoms with Gasteiger partial charge in [0.15, 0.2) is 0 Å². The highest BCUT2D eigenvalue weighted by Gasteiger charge is 2.22. The van der Waals surface area contributed by atoms with E-state index in [4.69, 9.17) is 16.7 Å². The third kappa shape index (κ3) is 3.86. The third-order valence-corrected chi connectivity index (χ3v) is 7.91. The van der Waals surface area contributed by atoms with E-state index in [0.29, 0.717) is 16.4 Å². The lowest BCUT2D eigenvalue weighted by Gasteiger charge is -2.15. The Labute approximate surface area is 221 Å². The van der Waals surface area contributed by atoms with E-state index >= 15 is 0 Å². The van der Waals surface area contributed by atoms with Crippen LogP contribution in [0.15, 0.2) is 66.9 Å². The molecule has 37 heavy (non-hydrogen) atoms. The van der Waals surface area contributed by atoms with E-state index in [1.165, 1.54) is 11.6 Å². The molecule has 0 N–H and O–H groups in total. The highest BCUT2D eigenvalue weighted by molar-refractivity contribution is 7.21. The number of hydrogen-bond acceptors (Lipinski definition) is 6. The van der Waals surface area contributed by atoms with Gasteiger partial charge in [-0.25, -0.2) is 4.98 Å². The van der Waals surface area contributed by atoms with E-state index in [9.17, 15) is 10.1 Å². The van der Waals surface area contributed by atoms with Crippen LogP contribution in [0.3, 0.4) is 0 Å². The summed E-state index contributed by atoms with van der Waals surface area (Å²) in [7, 11) is 0. The first-order valence-corrected chi connectivity index (χ1v) is 12.9. The van der Waals surface area contributed by atoms with Gasteiger partial charge in [0.1, 0.15) is 15.7 Å². The zero-order valence-corrected chi connectivity index (χ0v) is 21.9. The summed E-state index contributed by atoms with van der Waals surface area (Å²) >= 11 is 7.68. The average Bonchev–Trinajstić information content (AvgIpc) is 3.50. The van der Waals surface area contributed by atoms with E-state index < -0.39 is 5.41 Å². The molecular weight excluding hydrogens is 502 g/mol. The summed E-state index contributed by atoms with van der Waals surface area (Å²) in [5.41, 5.74) is 4.36. The van der Waals surface area contributed by atoms with Crippen LogP contribution in [0, 0.1) is 11.3 Å².